The highest BCUT2D eigenvalue weighted by atomic mass is 127. The molecule has 1 atom stereocenters. The van der Waals surface area contributed by atoms with E-state index in [1.54, 1.807) is 11.3 Å². The number of aliphatic imine (C=N–C) groups is 1. The van der Waals surface area contributed by atoms with Gasteiger partial charge in [0, 0.05) is 20.1 Å². The van der Waals surface area contributed by atoms with Crippen LogP contribution in [0.5, 0.6) is 0 Å². The van der Waals surface area contributed by atoms with Crippen LogP contribution in [0.3, 0.4) is 0 Å². The number of benzene rings is 1. The highest BCUT2D eigenvalue weighted by Crippen LogP contribution is 2.16. The predicted molar refractivity (Wildman–Crippen MR) is 108 cm³/mol. The maximum absolute atomic E-state index is 4.28. The van der Waals surface area contributed by atoms with Crippen molar-refractivity contribution in [2.24, 2.45) is 4.99 Å². The summed E-state index contributed by atoms with van der Waals surface area (Å²) in [6.45, 7) is 6.03. The second-order valence-corrected chi connectivity index (χ2v) is 5.97. The minimum Gasteiger partial charge on any atom is -0.356 e. The highest BCUT2D eigenvalue weighted by Gasteiger charge is 2.07. The largest absolute Gasteiger partial charge is 0.356 e. The summed E-state index contributed by atoms with van der Waals surface area (Å²) in [7, 11) is 1.81. The van der Waals surface area contributed by atoms with Gasteiger partial charge >= 0.3 is 0 Å². The van der Waals surface area contributed by atoms with Crippen molar-refractivity contribution in [3.05, 3.63) is 57.8 Å². The molecule has 22 heavy (non-hydrogen) atoms. The van der Waals surface area contributed by atoms with E-state index >= 15 is 0 Å². The van der Waals surface area contributed by atoms with E-state index in [-0.39, 0.29) is 24.0 Å². The summed E-state index contributed by atoms with van der Waals surface area (Å²) in [5.41, 5.74) is 3.97. The van der Waals surface area contributed by atoms with Crippen LogP contribution in [0.25, 0.3) is 0 Å². The molecule has 0 saturated heterocycles. The SMILES string of the molecule is CN=C(NCc1ccccc1C)NCC(C)c1ccsc1.I. The molecule has 0 aliphatic rings. The minimum absolute atomic E-state index is 0. The van der Waals surface area contributed by atoms with Gasteiger partial charge in [0.05, 0.1) is 0 Å². The van der Waals surface area contributed by atoms with Crippen LogP contribution in [-0.2, 0) is 6.54 Å². The lowest BCUT2D eigenvalue weighted by atomic mass is 10.1. The average molecular weight is 429 g/mol. The Hall–Kier alpha value is -1.08. The van der Waals surface area contributed by atoms with Crippen LogP contribution in [0.15, 0.2) is 46.1 Å². The molecular weight excluding hydrogens is 405 g/mol. The molecule has 0 saturated carbocycles. The van der Waals surface area contributed by atoms with Gasteiger partial charge < -0.3 is 10.6 Å². The van der Waals surface area contributed by atoms with E-state index in [0.717, 1.165) is 19.0 Å². The first kappa shape index (κ1) is 19.0. The van der Waals surface area contributed by atoms with E-state index in [0.29, 0.717) is 5.92 Å². The molecule has 1 heterocycles. The van der Waals surface area contributed by atoms with Crippen LogP contribution in [0, 0.1) is 6.92 Å². The molecule has 5 heteroatoms. The summed E-state index contributed by atoms with van der Waals surface area (Å²) < 4.78 is 0. The third-order valence-electron chi connectivity index (χ3n) is 3.62. The number of aryl methyl sites for hydroxylation is 1. The van der Waals surface area contributed by atoms with Crippen molar-refractivity contribution in [2.45, 2.75) is 26.3 Å². The molecule has 0 amide bonds. The van der Waals surface area contributed by atoms with E-state index in [1.807, 2.05) is 7.05 Å². The smallest absolute Gasteiger partial charge is 0.191 e. The minimum atomic E-state index is 0. The standard InChI is InChI=1S/C17H23N3S.HI/c1-13-6-4-5-7-15(13)11-20-17(18-3)19-10-14(2)16-8-9-21-12-16;/h4-9,12,14H,10-11H2,1-3H3,(H2,18,19,20);1H. The fourth-order valence-corrected chi connectivity index (χ4v) is 2.91. The number of thiophene rings is 1. The van der Waals surface area contributed by atoms with E-state index in [2.05, 4.69) is 70.6 Å². The lowest BCUT2D eigenvalue weighted by molar-refractivity contribution is 0.700. The molecule has 0 aliphatic heterocycles. The third-order valence-corrected chi connectivity index (χ3v) is 4.32. The van der Waals surface area contributed by atoms with Crippen molar-refractivity contribution in [3.8, 4) is 0 Å². The summed E-state index contributed by atoms with van der Waals surface area (Å²) in [5.74, 6) is 1.33. The van der Waals surface area contributed by atoms with Crippen LogP contribution < -0.4 is 10.6 Å². The van der Waals surface area contributed by atoms with Gasteiger partial charge in [0.25, 0.3) is 0 Å². The summed E-state index contributed by atoms with van der Waals surface area (Å²) in [5, 5.41) is 11.1. The zero-order valence-electron chi connectivity index (χ0n) is 13.3. The third kappa shape index (κ3) is 5.61. The summed E-state index contributed by atoms with van der Waals surface area (Å²) in [4.78, 5) is 4.28. The topological polar surface area (TPSA) is 36.4 Å². The number of hydrogen-bond acceptors (Lipinski definition) is 2. The number of nitrogens with zero attached hydrogens (tertiary/aromatic N) is 1. The van der Waals surface area contributed by atoms with Crippen LogP contribution in [0.4, 0.5) is 0 Å². The Bertz CT molecular complexity index is 581. The van der Waals surface area contributed by atoms with Crippen LogP contribution in [-0.4, -0.2) is 19.6 Å². The van der Waals surface area contributed by atoms with Crippen molar-refractivity contribution in [2.75, 3.05) is 13.6 Å². The van der Waals surface area contributed by atoms with Crippen molar-refractivity contribution in [1.82, 2.24) is 10.6 Å². The second kappa shape index (κ2) is 9.84. The highest BCUT2D eigenvalue weighted by molar-refractivity contribution is 14.0. The number of rotatable bonds is 5. The van der Waals surface area contributed by atoms with Crippen molar-refractivity contribution in [1.29, 1.82) is 0 Å². The molecule has 120 valence electrons. The summed E-state index contributed by atoms with van der Waals surface area (Å²) in [6, 6.07) is 10.6. The van der Waals surface area contributed by atoms with Gasteiger partial charge in [-0.05, 0) is 46.4 Å². The van der Waals surface area contributed by atoms with Gasteiger partial charge in [-0.3, -0.25) is 4.99 Å². The number of guanidine groups is 1. The molecular formula is C17H24IN3S. The van der Waals surface area contributed by atoms with E-state index < -0.39 is 0 Å². The number of nitrogens with one attached hydrogen (secondary N) is 2. The molecule has 1 aromatic heterocycles. The average Bonchev–Trinajstić information content (AvgIpc) is 3.03. The molecule has 1 unspecified atom stereocenters. The maximum atomic E-state index is 4.28. The van der Waals surface area contributed by atoms with Gasteiger partial charge in [-0.1, -0.05) is 31.2 Å². The number of hydrogen-bond donors (Lipinski definition) is 2. The van der Waals surface area contributed by atoms with Gasteiger partial charge in [-0.2, -0.15) is 11.3 Å². The van der Waals surface area contributed by atoms with E-state index in [9.17, 15) is 0 Å². The Morgan fingerprint density at radius 3 is 2.64 bits per heavy atom. The molecule has 1 aromatic carbocycles. The Morgan fingerprint density at radius 1 is 1.23 bits per heavy atom. The maximum Gasteiger partial charge on any atom is 0.191 e. The van der Waals surface area contributed by atoms with Crippen molar-refractivity contribution in [3.63, 3.8) is 0 Å². The van der Waals surface area contributed by atoms with Crippen LogP contribution in [0.1, 0.15) is 29.5 Å². The Morgan fingerprint density at radius 2 is 2.00 bits per heavy atom. The van der Waals surface area contributed by atoms with Gasteiger partial charge in [-0.15, -0.1) is 24.0 Å². The Kier molecular flexibility index (Phi) is 8.48. The molecule has 0 bridgehead atoms. The Labute approximate surface area is 154 Å². The molecule has 2 aromatic rings. The molecule has 3 nitrogen and oxygen atoms in total. The van der Waals surface area contributed by atoms with E-state index in [1.165, 1.54) is 16.7 Å². The fourth-order valence-electron chi connectivity index (χ4n) is 2.13. The van der Waals surface area contributed by atoms with E-state index in [4.69, 9.17) is 0 Å². The van der Waals surface area contributed by atoms with Gasteiger partial charge in [-0.25, -0.2) is 0 Å². The molecule has 0 fully saturated rings. The van der Waals surface area contributed by atoms with Crippen LogP contribution >= 0.6 is 35.3 Å². The summed E-state index contributed by atoms with van der Waals surface area (Å²) in [6.07, 6.45) is 0. The van der Waals surface area contributed by atoms with Crippen LogP contribution in [0.2, 0.25) is 0 Å². The van der Waals surface area contributed by atoms with Gasteiger partial charge in [0.2, 0.25) is 0 Å². The molecule has 2 N–H and O–H groups in total. The molecule has 0 radical (unpaired) electrons. The Balaban J connectivity index is 0.00000242. The van der Waals surface area contributed by atoms with Crippen molar-refractivity contribution >= 4 is 41.3 Å². The molecule has 0 aliphatic carbocycles. The van der Waals surface area contributed by atoms with Gasteiger partial charge in [0.1, 0.15) is 0 Å². The molecule has 2 rings (SSSR count). The monoisotopic (exact) mass is 429 g/mol. The quantitative estimate of drug-likeness (QED) is 0.426. The van der Waals surface area contributed by atoms with Crippen molar-refractivity contribution < 1.29 is 0 Å². The zero-order valence-corrected chi connectivity index (χ0v) is 16.4. The summed E-state index contributed by atoms with van der Waals surface area (Å²) >= 11 is 1.74. The normalized spacial score (nSPS) is 12.4. The fraction of sp³-hybridized carbons (Fsp3) is 0.353. The predicted octanol–water partition coefficient (Wildman–Crippen LogP) is 4.14. The first-order valence-corrected chi connectivity index (χ1v) is 8.16. The number of halogens is 1. The zero-order chi connectivity index (χ0) is 15.1. The lowest BCUT2D eigenvalue weighted by Crippen LogP contribution is -2.38. The first-order chi connectivity index (χ1) is 10.2. The van der Waals surface area contributed by atoms with Gasteiger partial charge in [0.15, 0.2) is 5.96 Å². The lowest BCUT2D eigenvalue weighted by Gasteiger charge is -2.16. The second-order valence-electron chi connectivity index (χ2n) is 5.19. The first-order valence-electron chi connectivity index (χ1n) is 7.22. The molecule has 0 spiro atoms.